The van der Waals surface area contributed by atoms with Crippen LogP contribution in [0.2, 0.25) is 15.1 Å². The summed E-state index contributed by atoms with van der Waals surface area (Å²) in [5.74, 6) is -0.939. The molecular formula is C19H13Cl3F3N3O2S. The number of amidine groups is 1. The van der Waals surface area contributed by atoms with E-state index < -0.39 is 33.8 Å². The fourth-order valence-corrected chi connectivity index (χ4v) is 4.31. The van der Waals surface area contributed by atoms with Crippen molar-refractivity contribution in [2.45, 2.75) is 17.8 Å². The molecule has 0 unspecified atom stereocenters. The molecule has 0 aliphatic carbocycles. The molecule has 0 radical (unpaired) electrons. The van der Waals surface area contributed by atoms with Crippen molar-refractivity contribution in [3.8, 4) is 0 Å². The number of rotatable bonds is 3. The summed E-state index contributed by atoms with van der Waals surface area (Å²) in [6, 6.07) is 7.69. The molecular weight excluding hydrogens is 498 g/mol. The molecule has 2 aromatic carbocycles. The second-order valence-corrected chi connectivity index (χ2v) is 8.74. The van der Waals surface area contributed by atoms with Gasteiger partial charge in [0, 0.05) is 19.2 Å². The predicted molar refractivity (Wildman–Crippen MR) is 118 cm³/mol. The number of hydrogen-bond acceptors (Lipinski definition) is 4. The Morgan fingerprint density at radius 3 is 2.39 bits per heavy atom. The fraction of sp³-hybridized carbons (Fsp3) is 0.211. The summed E-state index contributed by atoms with van der Waals surface area (Å²) in [6.07, 6.45) is -4.74. The molecule has 5 nitrogen and oxygen atoms in total. The summed E-state index contributed by atoms with van der Waals surface area (Å²) >= 11 is 18.4. The van der Waals surface area contributed by atoms with Crippen molar-refractivity contribution in [1.29, 1.82) is 0 Å². The van der Waals surface area contributed by atoms with Crippen LogP contribution in [0.3, 0.4) is 0 Å². The van der Waals surface area contributed by atoms with Gasteiger partial charge in [0.2, 0.25) is 11.8 Å². The molecule has 1 fully saturated rings. The monoisotopic (exact) mass is 509 g/mol. The van der Waals surface area contributed by atoms with E-state index in [9.17, 15) is 22.8 Å². The van der Waals surface area contributed by atoms with E-state index in [0.717, 1.165) is 28.8 Å². The minimum Gasteiger partial charge on any atom is -0.335 e. The lowest BCUT2D eigenvalue weighted by Crippen LogP contribution is -2.31. The first-order chi connectivity index (χ1) is 14.5. The Labute approximate surface area is 194 Å². The van der Waals surface area contributed by atoms with Crippen LogP contribution >= 0.6 is 46.6 Å². The van der Waals surface area contributed by atoms with Gasteiger partial charge in [-0.3, -0.25) is 14.6 Å². The third-order valence-electron chi connectivity index (χ3n) is 4.25. The lowest BCUT2D eigenvalue weighted by Gasteiger charge is -2.17. The first-order valence-electron chi connectivity index (χ1n) is 8.60. The maximum atomic E-state index is 13.1. The highest BCUT2D eigenvalue weighted by molar-refractivity contribution is 8.15. The lowest BCUT2D eigenvalue weighted by atomic mass is 10.2. The third-order valence-corrected chi connectivity index (χ3v) is 6.48. The van der Waals surface area contributed by atoms with Gasteiger partial charge in [-0.25, -0.2) is 4.90 Å². The average Bonchev–Trinajstić information content (AvgIpc) is 2.97. The number of anilines is 2. The molecule has 2 aromatic rings. The van der Waals surface area contributed by atoms with Crippen molar-refractivity contribution in [3.05, 3.63) is 57.0 Å². The van der Waals surface area contributed by atoms with Gasteiger partial charge in [0.15, 0.2) is 5.17 Å². The van der Waals surface area contributed by atoms with Crippen LogP contribution in [-0.2, 0) is 15.8 Å². The van der Waals surface area contributed by atoms with Gasteiger partial charge in [-0.2, -0.15) is 13.2 Å². The summed E-state index contributed by atoms with van der Waals surface area (Å²) < 4.78 is 39.2. The molecule has 164 valence electrons. The Kier molecular flexibility index (Phi) is 7.10. The summed E-state index contributed by atoms with van der Waals surface area (Å²) in [4.78, 5) is 30.2. The maximum absolute atomic E-state index is 13.1. The van der Waals surface area contributed by atoms with Crippen LogP contribution in [0.4, 0.5) is 24.5 Å². The molecule has 0 bridgehead atoms. The van der Waals surface area contributed by atoms with Crippen LogP contribution in [0.5, 0.6) is 0 Å². The molecule has 0 saturated carbocycles. The zero-order valence-electron chi connectivity index (χ0n) is 15.6. The predicted octanol–water partition coefficient (Wildman–Crippen LogP) is 6.13. The largest absolute Gasteiger partial charge is 0.417 e. The second-order valence-electron chi connectivity index (χ2n) is 6.32. The van der Waals surface area contributed by atoms with Crippen molar-refractivity contribution in [2.75, 3.05) is 17.3 Å². The quantitative estimate of drug-likeness (QED) is 0.307. The molecule has 2 amide bonds. The number of halogens is 6. The van der Waals surface area contributed by atoms with Crippen molar-refractivity contribution < 1.29 is 22.8 Å². The Balaban J connectivity index is 1.76. The number of alkyl halides is 3. The topological polar surface area (TPSA) is 61.8 Å². The molecule has 1 aliphatic rings. The van der Waals surface area contributed by atoms with E-state index in [4.69, 9.17) is 34.8 Å². The molecule has 3 rings (SSSR count). The molecule has 1 atom stereocenters. The van der Waals surface area contributed by atoms with Crippen LogP contribution in [0.1, 0.15) is 12.0 Å². The summed E-state index contributed by atoms with van der Waals surface area (Å²) in [6.45, 7) is 0. The van der Waals surface area contributed by atoms with Crippen LogP contribution < -0.4 is 10.2 Å². The Hall–Kier alpha value is -1.94. The van der Waals surface area contributed by atoms with Gasteiger partial charge in [0.05, 0.1) is 26.3 Å². The number of imide groups is 1. The highest BCUT2D eigenvalue weighted by Gasteiger charge is 2.41. The van der Waals surface area contributed by atoms with Gasteiger partial charge in [-0.1, -0.05) is 46.6 Å². The van der Waals surface area contributed by atoms with Gasteiger partial charge in [0.25, 0.3) is 0 Å². The number of carbonyl (C=O) groups excluding carboxylic acids is 2. The van der Waals surface area contributed by atoms with E-state index in [1.54, 1.807) is 0 Å². The summed E-state index contributed by atoms with van der Waals surface area (Å²) in [7, 11) is 1.41. The summed E-state index contributed by atoms with van der Waals surface area (Å²) in [5.41, 5.74) is -0.636. The summed E-state index contributed by atoms with van der Waals surface area (Å²) in [5, 5.41) is 2.12. The van der Waals surface area contributed by atoms with Gasteiger partial charge in [-0.05, 0) is 36.4 Å². The van der Waals surface area contributed by atoms with E-state index in [0.29, 0.717) is 0 Å². The number of thioether (sulfide) groups is 1. The van der Waals surface area contributed by atoms with Crippen LogP contribution in [0.15, 0.2) is 41.4 Å². The van der Waals surface area contributed by atoms with Gasteiger partial charge < -0.3 is 5.32 Å². The van der Waals surface area contributed by atoms with E-state index in [1.165, 1.54) is 31.3 Å². The highest BCUT2D eigenvalue weighted by Crippen LogP contribution is 2.37. The number of hydrogen-bond donors (Lipinski definition) is 1. The lowest BCUT2D eigenvalue weighted by molar-refractivity contribution is -0.137. The Bertz CT molecular complexity index is 1080. The van der Waals surface area contributed by atoms with Crippen molar-refractivity contribution >= 4 is 74.9 Å². The minimum atomic E-state index is -4.63. The number of nitrogens with zero attached hydrogens (tertiary/aromatic N) is 2. The van der Waals surface area contributed by atoms with Crippen LogP contribution in [0, 0.1) is 0 Å². The molecule has 12 heteroatoms. The van der Waals surface area contributed by atoms with E-state index in [1.807, 2.05) is 0 Å². The molecule has 0 spiro atoms. The first-order valence-corrected chi connectivity index (χ1v) is 10.6. The minimum absolute atomic E-state index is 0.0861. The van der Waals surface area contributed by atoms with Gasteiger partial charge in [-0.15, -0.1) is 0 Å². The number of amides is 2. The number of benzene rings is 2. The van der Waals surface area contributed by atoms with E-state index in [2.05, 4.69) is 10.3 Å². The van der Waals surface area contributed by atoms with Crippen LogP contribution in [-0.4, -0.2) is 29.3 Å². The van der Waals surface area contributed by atoms with Crippen LogP contribution in [0.25, 0.3) is 0 Å². The smallest absolute Gasteiger partial charge is 0.335 e. The molecule has 1 aliphatic heterocycles. The molecule has 31 heavy (non-hydrogen) atoms. The fourth-order valence-electron chi connectivity index (χ4n) is 2.81. The molecule has 1 heterocycles. The third kappa shape index (κ3) is 5.28. The van der Waals surface area contributed by atoms with Crippen molar-refractivity contribution in [3.63, 3.8) is 0 Å². The van der Waals surface area contributed by atoms with Crippen molar-refractivity contribution in [2.24, 2.45) is 4.99 Å². The SMILES string of the molecule is CN=C(Nc1ccc(Cl)c(C(F)(F)F)c1)S[C@@H]1CC(=O)N(c2ccc(Cl)c(Cl)c2)C1=O. The normalized spacial score (nSPS) is 17.5. The molecule has 1 N–H and O–H groups in total. The maximum Gasteiger partial charge on any atom is 0.417 e. The highest BCUT2D eigenvalue weighted by atomic mass is 35.5. The van der Waals surface area contributed by atoms with E-state index >= 15 is 0 Å². The van der Waals surface area contributed by atoms with Gasteiger partial charge >= 0.3 is 6.18 Å². The Morgan fingerprint density at radius 1 is 1.10 bits per heavy atom. The van der Waals surface area contributed by atoms with Crippen molar-refractivity contribution in [1.82, 2.24) is 0 Å². The number of carbonyl (C=O) groups is 2. The standard InChI is InChI=1S/C19H13Cl3F3N3O2S/c1-26-18(27-9-2-4-12(20)11(6-9)19(23,24)25)31-15-8-16(29)28(17(15)30)10-3-5-13(21)14(22)7-10/h2-7,15H,8H2,1H3,(H,26,27)/t15-/m1/s1. The van der Waals surface area contributed by atoms with Gasteiger partial charge in [0.1, 0.15) is 5.25 Å². The average molecular weight is 511 g/mol. The zero-order chi connectivity index (χ0) is 22.9. The molecule has 0 aromatic heterocycles. The zero-order valence-corrected chi connectivity index (χ0v) is 18.7. The Morgan fingerprint density at radius 2 is 1.77 bits per heavy atom. The second kappa shape index (κ2) is 9.28. The number of nitrogens with one attached hydrogen (secondary N) is 1. The number of aliphatic imine (C=N–C) groups is 1. The first kappa shape index (κ1) is 23.7. The van der Waals surface area contributed by atoms with E-state index in [-0.39, 0.29) is 33.0 Å². The molecule has 1 saturated heterocycles.